The average Bonchev–Trinajstić information content (AvgIpc) is 2.69. The van der Waals surface area contributed by atoms with Crippen molar-refractivity contribution >= 4 is 17.5 Å². The molecule has 0 spiro atoms. The molecule has 0 radical (unpaired) electrons. The second-order valence-corrected chi connectivity index (χ2v) is 3.33. The van der Waals surface area contributed by atoms with Crippen molar-refractivity contribution in [3.05, 3.63) is 0 Å². The number of hydrogen-bond acceptors (Lipinski definition) is 5. The van der Waals surface area contributed by atoms with Crippen molar-refractivity contribution in [3.8, 4) is 0 Å². The lowest BCUT2D eigenvalue weighted by Gasteiger charge is -2.06. The summed E-state index contributed by atoms with van der Waals surface area (Å²) in [5, 5.41) is 3.61. The van der Waals surface area contributed by atoms with Crippen LogP contribution in [0, 0.1) is 5.92 Å². The van der Waals surface area contributed by atoms with Crippen LogP contribution in [0.2, 0.25) is 0 Å². The highest BCUT2D eigenvalue weighted by Crippen LogP contribution is 2.31. The molecule has 1 fully saturated rings. The van der Waals surface area contributed by atoms with Gasteiger partial charge in [-0.2, -0.15) is 0 Å². The van der Waals surface area contributed by atoms with Crippen LogP contribution < -0.4 is 0 Å². The fourth-order valence-electron chi connectivity index (χ4n) is 1.80. The van der Waals surface area contributed by atoms with E-state index in [4.69, 9.17) is 9.57 Å². The van der Waals surface area contributed by atoms with Crippen molar-refractivity contribution < 1.29 is 19.2 Å². The Bertz CT molecular complexity index is 310. The lowest BCUT2D eigenvalue weighted by molar-refractivity contribution is -0.135. The van der Waals surface area contributed by atoms with E-state index in [1.807, 2.05) is 0 Å². The third kappa shape index (κ3) is 1.29. The first-order valence-electron chi connectivity index (χ1n) is 4.67. The van der Waals surface area contributed by atoms with Gasteiger partial charge in [0.25, 0.3) is 0 Å². The highest BCUT2D eigenvalue weighted by atomic mass is 16.7. The van der Waals surface area contributed by atoms with Gasteiger partial charge in [-0.3, -0.25) is 4.79 Å². The summed E-state index contributed by atoms with van der Waals surface area (Å²) in [6.45, 7) is 2.04. The highest BCUT2D eigenvalue weighted by molar-refractivity contribution is 6.38. The third-order valence-corrected chi connectivity index (χ3v) is 2.48. The molecule has 0 aromatic carbocycles. The summed E-state index contributed by atoms with van der Waals surface area (Å²) in [6, 6.07) is 0. The van der Waals surface area contributed by atoms with E-state index in [0.29, 0.717) is 19.4 Å². The van der Waals surface area contributed by atoms with E-state index in [1.54, 1.807) is 6.92 Å². The quantitative estimate of drug-likeness (QED) is 0.596. The molecule has 1 aliphatic heterocycles. The Kier molecular flexibility index (Phi) is 2.23. The van der Waals surface area contributed by atoms with Crippen LogP contribution in [0.25, 0.3) is 0 Å². The predicted octanol–water partition coefficient (Wildman–Crippen LogP) is 0.283. The van der Waals surface area contributed by atoms with Crippen molar-refractivity contribution in [1.29, 1.82) is 0 Å². The minimum atomic E-state index is -0.533. The lowest BCUT2D eigenvalue weighted by Crippen LogP contribution is -2.28. The second-order valence-electron chi connectivity index (χ2n) is 3.33. The number of fused-ring (bicyclic) bond motifs is 1. The van der Waals surface area contributed by atoms with Crippen molar-refractivity contribution in [2.75, 3.05) is 6.61 Å². The normalized spacial score (nSPS) is 29.5. The SMILES string of the molecule is CCOC(=O)C1=NOC2C(=O)CCC12. The maximum absolute atomic E-state index is 11.4. The van der Waals surface area contributed by atoms with Crippen LogP contribution in [0.5, 0.6) is 0 Å². The van der Waals surface area contributed by atoms with E-state index in [-0.39, 0.29) is 17.4 Å². The van der Waals surface area contributed by atoms with Crippen LogP contribution in [0.3, 0.4) is 0 Å². The van der Waals surface area contributed by atoms with Crippen LogP contribution in [0.1, 0.15) is 19.8 Å². The molecule has 1 aliphatic carbocycles. The fraction of sp³-hybridized carbons (Fsp3) is 0.667. The van der Waals surface area contributed by atoms with E-state index in [1.165, 1.54) is 0 Å². The molecule has 0 bridgehead atoms. The van der Waals surface area contributed by atoms with Crippen molar-refractivity contribution in [2.45, 2.75) is 25.9 Å². The number of rotatable bonds is 2. The van der Waals surface area contributed by atoms with Gasteiger partial charge in [-0.1, -0.05) is 5.16 Å². The lowest BCUT2D eigenvalue weighted by atomic mass is 10.0. The molecule has 2 rings (SSSR count). The molecule has 1 saturated carbocycles. The molecule has 0 N–H and O–H groups in total. The van der Waals surface area contributed by atoms with Gasteiger partial charge in [0.15, 0.2) is 17.6 Å². The highest BCUT2D eigenvalue weighted by Gasteiger charge is 2.47. The van der Waals surface area contributed by atoms with Crippen LogP contribution in [0.15, 0.2) is 5.16 Å². The number of nitrogens with zero attached hydrogens (tertiary/aromatic N) is 1. The molecule has 0 aromatic rings. The standard InChI is InChI=1S/C9H11NO4/c1-2-13-9(12)7-5-3-4-6(11)8(5)14-10-7/h5,8H,2-4H2,1H3. The number of esters is 1. The first-order chi connectivity index (χ1) is 6.74. The molecule has 2 unspecified atom stereocenters. The van der Waals surface area contributed by atoms with E-state index < -0.39 is 12.1 Å². The van der Waals surface area contributed by atoms with Gasteiger partial charge >= 0.3 is 5.97 Å². The van der Waals surface area contributed by atoms with Gasteiger partial charge in [0.1, 0.15) is 0 Å². The number of oxime groups is 1. The molecule has 5 nitrogen and oxygen atoms in total. The summed E-state index contributed by atoms with van der Waals surface area (Å²) >= 11 is 0. The van der Waals surface area contributed by atoms with E-state index in [9.17, 15) is 9.59 Å². The zero-order chi connectivity index (χ0) is 10.1. The van der Waals surface area contributed by atoms with E-state index in [2.05, 4.69) is 5.16 Å². The molecule has 14 heavy (non-hydrogen) atoms. The maximum atomic E-state index is 11.4. The summed E-state index contributed by atoms with van der Waals surface area (Å²) in [7, 11) is 0. The van der Waals surface area contributed by atoms with Gasteiger partial charge in [0.2, 0.25) is 0 Å². The molecule has 2 atom stereocenters. The summed E-state index contributed by atoms with van der Waals surface area (Å²) < 4.78 is 4.81. The van der Waals surface area contributed by atoms with Gasteiger partial charge in [-0.15, -0.1) is 0 Å². The Balaban J connectivity index is 2.09. The minimum Gasteiger partial charge on any atom is -0.461 e. The van der Waals surface area contributed by atoms with Gasteiger partial charge in [0, 0.05) is 6.42 Å². The summed E-state index contributed by atoms with van der Waals surface area (Å²) in [4.78, 5) is 27.5. The molecular weight excluding hydrogens is 186 g/mol. The Morgan fingerprint density at radius 3 is 3.21 bits per heavy atom. The third-order valence-electron chi connectivity index (χ3n) is 2.48. The Morgan fingerprint density at radius 2 is 2.50 bits per heavy atom. The Hall–Kier alpha value is -1.39. The molecule has 0 aromatic heterocycles. The summed E-state index contributed by atoms with van der Waals surface area (Å²) in [5.74, 6) is -0.616. The van der Waals surface area contributed by atoms with Crippen LogP contribution in [-0.4, -0.2) is 30.2 Å². The smallest absolute Gasteiger partial charge is 0.356 e. The predicted molar refractivity (Wildman–Crippen MR) is 46.7 cm³/mol. The monoisotopic (exact) mass is 197 g/mol. The summed E-state index contributed by atoms with van der Waals surface area (Å²) in [6.07, 6.45) is 0.573. The molecule has 0 saturated heterocycles. The van der Waals surface area contributed by atoms with Gasteiger partial charge in [-0.05, 0) is 13.3 Å². The minimum absolute atomic E-state index is 0.0260. The van der Waals surface area contributed by atoms with Gasteiger partial charge in [0.05, 0.1) is 12.5 Å². The van der Waals surface area contributed by atoms with Crippen molar-refractivity contribution in [3.63, 3.8) is 0 Å². The number of ketones is 1. The van der Waals surface area contributed by atoms with Crippen LogP contribution in [0.4, 0.5) is 0 Å². The zero-order valence-electron chi connectivity index (χ0n) is 7.86. The van der Waals surface area contributed by atoms with Gasteiger partial charge in [-0.25, -0.2) is 4.79 Å². The first kappa shape index (κ1) is 9.18. The molecule has 2 aliphatic rings. The second kappa shape index (κ2) is 3.40. The fourth-order valence-corrected chi connectivity index (χ4v) is 1.80. The molecular formula is C9H11NO4. The van der Waals surface area contributed by atoms with Crippen molar-refractivity contribution in [2.24, 2.45) is 11.1 Å². The number of Topliss-reactive ketones (excluding diaryl/α,β-unsaturated/α-hetero) is 1. The van der Waals surface area contributed by atoms with Crippen LogP contribution >= 0.6 is 0 Å². The molecule has 76 valence electrons. The summed E-state index contributed by atoms with van der Waals surface area (Å²) in [5.41, 5.74) is 0.266. The molecule has 0 amide bonds. The van der Waals surface area contributed by atoms with Gasteiger partial charge < -0.3 is 9.57 Å². The Labute approximate surface area is 81.0 Å². The zero-order valence-corrected chi connectivity index (χ0v) is 7.86. The number of hydrogen-bond donors (Lipinski definition) is 0. The number of carbonyl (C=O) groups excluding carboxylic acids is 2. The number of carbonyl (C=O) groups is 2. The van der Waals surface area contributed by atoms with Crippen LogP contribution in [-0.2, 0) is 19.2 Å². The topological polar surface area (TPSA) is 65.0 Å². The van der Waals surface area contributed by atoms with E-state index >= 15 is 0 Å². The Morgan fingerprint density at radius 1 is 1.71 bits per heavy atom. The van der Waals surface area contributed by atoms with E-state index in [0.717, 1.165) is 0 Å². The first-order valence-corrected chi connectivity index (χ1v) is 4.67. The average molecular weight is 197 g/mol. The largest absolute Gasteiger partial charge is 0.461 e. The molecule has 5 heteroatoms. The number of ether oxygens (including phenoxy) is 1. The molecule has 1 heterocycles. The van der Waals surface area contributed by atoms with Crippen molar-refractivity contribution in [1.82, 2.24) is 0 Å². The maximum Gasteiger partial charge on any atom is 0.356 e.